The van der Waals surface area contributed by atoms with E-state index in [-0.39, 0.29) is 6.04 Å². The first-order valence-corrected chi connectivity index (χ1v) is 5.51. The average Bonchev–Trinajstić information content (AvgIpc) is 2.78. The van der Waals surface area contributed by atoms with Gasteiger partial charge in [0.05, 0.1) is 12.6 Å². The van der Waals surface area contributed by atoms with Crippen LogP contribution in [0, 0.1) is 0 Å². The van der Waals surface area contributed by atoms with Crippen LogP contribution < -0.4 is 5.73 Å². The SMILES string of the molecule is CN(C(=O)N(CC(N)=O)CC(=O)O)C1CCOC1. The van der Waals surface area contributed by atoms with Crippen molar-refractivity contribution in [1.29, 1.82) is 0 Å². The fourth-order valence-electron chi connectivity index (χ4n) is 1.75. The van der Waals surface area contributed by atoms with Crippen LogP contribution in [0.2, 0.25) is 0 Å². The molecule has 0 radical (unpaired) electrons. The number of carboxylic acids is 1. The van der Waals surface area contributed by atoms with E-state index in [0.717, 1.165) is 4.90 Å². The molecule has 1 atom stereocenters. The molecule has 3 amide bonds. The zero-order chi connectivity index (χ0) is 13.7. The van der Waals surface area contributed by atoms with Gasteiger partial charge in [0.15, 0.2) is 0 Å². The molecule has 0 spiro atoms. The molecule has 0 saturated carbocycles. The van der Waals surface area contributed by atoms with Crippen LogP contribution in [-0.2, 0) is 14.3 Å². The van der Waals surface area contributed by atoms with Crippen LogP contribution in [0.15, 0.2) is 0 Å². The molecule has 18 heavy (non-hydrogen) atoms. The molecule has 1 aliphatic heterocycles. The smallest absolute Gasteiger partial charge is 0.323 e. The number of rotatable bonds is 5. The molecular weight excluding hydrogens is 242 g/mol. The Morgan fingerprint density at radius 2 is 2.06 bits per heavy atom. The number of nitrogens with zero attached hydrogens (tertiary/aromatic N) is 2. The van der Waals surface area contributed by atoms with Crippen LogP contribution in [0.1, 0.15) is 6.42 Å². The summed E-state index contributed by atoms with van der Waals surface area (Å²) in [6, 6.07) is -0.631. The first-order chi connectivity index (χ1) is 8.41. The quantitative estimate of drug-likeness (QED) is 0.637. The molecule has 1 saturated heterocycles. The minimum atomic E-state index is -1.19. The maximum absolute atomic E-state index is 12.0. The summed E-state index contributed by atoms with van der Waals surface area (Å²) in [5.41, 5.74) is 4.99. The van der Waals surface area contributed by atoms with Crippen LogP contribution in [0.5, 0.6) is 0 Å². The third-order valence-electron chi connectivity index (χ3n) is 2.70. The number of carbonyl (C=O) groups is 3. The second-order valence-electron chi connectivity index (χ2n) is 4.13. The fourth-order valence-corrected chi connectivity index (χ4v) is 1.75. The predicted octanol–water partition coefficient (Wildman–Crippen LogP) is -1.30. The Labute approximate surface area is 104 Å². The highest BCUT2D eigenvalue weighted by atomic mass is 16.5. The van der Waals surface area contributed by atoms with E-state index in [9.17, 15) is 14.4 Å². The van der Waals surface area contributed by atoms with Crippen molar-refractivity contribution in [2.75, 3.05) is 33.4 Å². The molecule has 102 valence electrons. The van der Waals surface area contributed by atoms with E-state index in [2.05, 4.69) is 0 Å². The van der Waals surface area contributed by atoms with Gasteiger partial charge in [-0.1, -0.05) is 0 Å². The monoisotopic (exact) mass is 259 g/mol. The molecule has 0 aromatic carbocycles. The van der Waals surface area contributed by atoms with E-state index in [4.69, 9.17) is 15.6 Å². The Bertz CT molecular complexity index is 324. The van der Waals surface area contributed by atoms with E-state index in [1.165, 1.54) is 4.90 Å². The third-order valence-corrected chi connectivity index (χ3v) is 2.70. The van der Waals surface area contributed by atoms with Gasteiger partial charge in [-0.2, -0.15) is 0 Å². The van der Waals surface area contributed by atoms with Crippen molar-refractivity contribution in [1.82, 2.24) is 9.80 Å². The molecular formula is C10H17N3O5. The lowest BCUT2D eigenvalue weighted by atomic mass is 10.2. The lowest BCUT2D eigenvalue weighted by molar-refractivity contribution is -0.138. The minimum Gasteiger partial charge on any atom is -0.480 e. The van der Waals surface area contributed by atoms with E-state index < -0.39 is 31.0 Å². The summed E-state index contributed by atoms with van der Waals surface area (Å²) in [5.74, 6) is -1.94. The molecule has 1 fully saturated rings. The Morgan fingerprint density at radius 3 is 2.50 bits per heavy atom. The van der Waals surface area contributed by atoms with Crippen LogP contribution in [0.3, 0.4) is 0 Å². The largest absolute Gasteiger partial charge is 0.480 e. The standard InChI is InChI=1S/C10H17N3O5/c1-12(7-2-3-18-6-7)10(17)13(4-8(11)14)5-9(15)16/h7H,2-6H2,1H3,(H2,11,14)(H,15,16). The van der Waals surface area contributed by atoms with Crippen LogP contribution in [-0.4, -0.2) is 72.2 Å². The molecule has 0 aromatic rings. The highest BCUT2D eigenvalue weighted by molar-refractivity contribution is 5.86. The summed E-state index contributed by atoms with van der Waals surface area (Å²) in [5, 5.41) is 8.70. The molecule has 1 rings (SSSR count). The van der Waals surface area contributed by atoms with E-state index in [0.29, 0.717) is 19.6 Å². The molecule has 0 bridgehead atoms. The van der Waals surface area contributed by atoms with Gasteiger partial charge in [-0.15, -0.1) is 0 Å². The van der Waals surface area contributed by atoms with Crippen molar-refractivity contribution in [3.05, 3.63) is 0 Å². The van der Waals surface area contributed by atoms with Gasteiger partial charge < -0.3 is 25.4 Å². The lowest BCUT2D eigenvalue weighted by Gasteiger charge is -2.29. The normalized spacial score (nSPS) is 18.4. The zero-order valence-corrected chi connectivity index (χ0v) is 10.2. The van der Waals surface area contributed by atoms with Gasteiger partial charge in [0.1, 0.15) is 13.1 Å². The number of hydrogen-bond acceptors (Lipinski definition) is 4. The first-order valence-electron chi connectivity index (χ1n) is 5.51. The van der Waals surface area contributed by atoms with Crippen molar-refractivity contribution in [3.8, 4) is 0 Å². The van der Waals surface area contributed by atoms with Crippen molar-refractivity contribution in [2.24, 2.45) is 5.73 Å². The molecule has 1 heterocycles. The van der Waals surface area contributed by atoms with Crippen molar-refractivity contribution >= 4 is 17.9 Å². The summed E-state index contributed by atoms with van der Waals surface area (Å²) < 4.78 is 5.15. The van der Waals surface area contributed by atoms with Gasteiger partial charge in [0.2, 0.25) is 5.91 Å². The second kappa shape index (κ2) is 6.20. The Morgan fingerprint density at radius 1 is 1.39 bits per heavy atom. The van der Waals surface area contributed by atoms with Gasteiger partial charge in [-0.3, -0.25) is 9.59 Å². The number of urea groups is 1. The maximum atomic E-state index is 12.0. The number of carbonyl (C=O) groups excluding carboxylic acids is 2. The summed E-state index contributed by atoms with van der Waals surface area (Å²) in [6.07, 6.45) is 0.694. The average molecular weight is 259 g/mol. The molecule has 1 aliphatic rings. The van der Waals surface area contributed by atoms with Gasteiger partial charge in [0.25, 0.3) is 0 Å². The topological polar surface area (TPSA) is 113 Å². The summed E-state index contributed by atoms with van der Waals surface area (Å²) in [4.78, 5) is 35.8. The van der Waals surface area contributed by atoms with Gasteiger partial charge >= 0.3 is 12.0 Å². The summed E-state index contributed by atoms with van der Waals surface area (Å²) in [6.45, 7) is 0.0134. The van der Waals surface area contributed by atoms with Crippen LogP contribution >= 0.6 is 0 Å². The number of aliphatic carboxylic acids is 1. The molecule has 3 N–H and O–H groups in total. The minimum absolute atomic E-state index is 0.0957. The van der Waals surface area contributed by atoms with Gasteiger partial charge in [-0.05, 0) is 6.42 Å². The highest BCUT2D eigenvalue weighted by Crippen LogP contribution is 2.12. The van der Waals surface area contributed by atoms with Gasteiger partial charge in [-0.25, -0.2) is 4.79 Å². The third kappa shape index (κ3) is 3.88. The number of likely N-dealkylation sites (N-methyl/N-ethyl adjacent to an activating group) is 1. The predicted molar refractivity (Wildman–Crippen MR) is 60.8 cm³/mol. The fraction of sp³-hybridized carbons (Fsp3) is 0.700. The van der Waals surface area contributed by atoms with E-state index in [1.807, 2.05) is 0 Å². The Hall–Kier alpha value is -1.83. The van der Waals surface area contributed by atoms with E-state index in [1.54, 1.807) is 7.05 Å². The number of nitrogens with two attached hydrogens (primary N) is 1. The van der Waals surface area contributed by atoms with Crippen LogP contribution in [0.4, 0.5) is 4.79 Å². The zero-order valence-electron chi connectivity index (χ0n) is 10.2. The number of amides is 3. The number of hydrogen-bond donors (Lipinski definition) is 2. The van der Waals surface area contributed by atoms with Crippen molar-refractivity contribution in [3.63, 3.8) is 0 Å². The Balaban J connectivity index is 2.67. The van der Waals surface area contributed by atoms with Crippen molar-refractivity contribution < 1.29 is 24.2 Å². The van der Waals surface area contributed by atoms with Gasteiger partial charge in [0, 0.05) is 13.7 Å². The molecule has 8 nitrogen and oxygen atoms in total. The number of carboxylic acid groups (broad SMARTS) is 1. The number of primary amides is 1. The van der Waals surface area contributed by atoms with E-state index >= 15 is 0 Å². The molecule has 8 heteroatoms. The molecule has 0 aromatic heterocycles. The number of ether oxygens (including phenoxy) is 1. The molecule has 1 unspecified atom stereocenters. The highest BCUT2D eigenvalue weighted by Gasteiger charge is 2.29. The lowest BCUT2D eigenvalue weighted by Crippen LogP contribution is -2.50. The molecule has 0 aliphatic carbocycles. The second-order valence-corrected chi connectivity index (χ2v) is 4.13. The maximum Gasteiger partial charge on any atom is 0.323 e. The summed E-state index contributed by atoms with van der Waals surface area (Å²) in [7, 11) is 1.55. The Kier molecular flexibility index (Phi) is 4.90. The van der Waals surface area contributed by atoms with Crippen LogP contribution in [0.25, 0.3) is 0 Å². The van der Waals surface area contributed by atoms with Crippen molar-refractivity contribution in [2.45, 2.75) is 12.5 Å². The summed E-state index contributed by atoms with van der Waals surface area (Å²) >= 11 is 0. The first kappa shape index (κ1) is 14.2.